The molecule has 0 spiro atoms. The molecule has 1 aromatic carbocycles. The molecule has 0 aliphatic carbocycles. The summed E-state index contributed by atoms with van der Waals surface area (Å²) in [7, 11) is 3.31. The molecule has 0 unspecified atom stereocenters. The van der Waals surface area contributed by atoms with Gasteiger partial charge in [0.15, 0.2) is 0 Å². The largest absolute Gasteiger partial charge is 0.478 e. The van der Waals surface area contributed by atoms with Crippen LogP contribution in [0.15, 0.2) is 30.3 Å². The first-order valence-corrected chi connectivity index (χ1v) is 6.42. The normalized spacial score (nSPS) is 10.9. The second-order valence-electron chi connectivity index (χ2n) is 4.20. The molecule has 0 bridgehead atoms. The van der Waals surface area contributed by atoms with E-state index in [4.69, 9.17) is 14.6 Å². The van der Waals surface area contributed by atoms with Crippen LogP contribution in [-0.4, -0.2) is 51.6 Å². The van der Waals surface area contributed by atoms with Crippen LogP contribution in [0, 0.1) is 0 Å². The Kier molecular flexibility index (Phi) is 7.39. The van der Waals surface area contributed by atoms with E-state index >= 15 is 0 Å². The predicted molar refractivity (Wildman–Crippen MR) is 79.1 cm³/mol. The quantitative estimate of drug-likeness (QED) is 0.699. The highest BCUT2D eigenvalue weighted by atomic mass is 16.5. The lowest BCUT2D eigenvalue weighted by Gasteiger charge is -2.26. The Balaban J connectivity index is 2.95. The molecule has 20 heavy (non-hydrogen) atoms. The highest BCUT2D eigenvalue weighted by Gasteiger charge is 2.09. The number of hydrogen-bond donors (Lipinski definition) is 1. The van der Waals surface area contributed by atoms with E-state index in [0.29, 0.717) is 13.2 Å². The Labute approximate surface area is 119 Å². The van der Waals surface area contributed by atoms with Gasteiger partial charge in [-0.1, -0.05) is 18.2 Å². The third-order valence-electron chi connectivity index (χ3n) is 2.81. The summed E-state index contributed by atoms with van der Waals surface area (Å²) in [6.07, 6.45) is 2.74. The van der Waals surface area contributed by atoms with Crippen molar-refractivity contribution >= 4 is 17.7 Å². The molecule has 0 amide bonds. The highest BCUT2D eigenvalue weighted by molar-refractivity contribution is 5.87. The molecule has 1 N–H and O–H groups in total. The summed E-state index contributed by atoms with van der Waals surface area (Å²) < 4.78 is 10.2. The average molecular weight is 279 g/mol. The van der Waals surface area contributed by atoms with Crippen molar-refractivity contribution in [3.8, 4) is 0 Å². The molecular formula is C15H21NO4. The number of methoxy groups -OCH3 is 2. The summed E-state index contributed by atoms with van der Waals surface area (Å²) in [5, 5.41) is 8.75. The van der Waals surface area contributed by atoms with Crippen molar-refractivity contribution in [2.45, 2.75) is 0 Å². The van der Waals surface area contributed by atoms with Gasteiger partial charge in [0.05, 0.1) is 13.2 Å². The zero-order chi connectivity index (χ0) is 14.8. The van der Waals surface area contributed by atoms with Crippen molar-refractivity contribution in [3.05, 3.63) is 35.9 Å². The van der Waals surface area contributed by atoms with Gasteiger partial charge in [-0.2, -0.15) is 0 Å². The second-order valence-corrected chi connectivity index (χ2v) is 4.20. The smallest absolute Gasteiger partial charge is 0.328 e. The topological polar surface area (TPSA) is 59.0 Å². The SMILES string of the molecule is COCCN(CCOC)c1ccccc1C=CC(=O)O. The molecule has 0 aliphatic rings. The fraction of sp³-hybridized carbons (Fsp3) is 0.400. The molecule has 1 aromatic rings. The lowest BCUT2D eigenvalue weighted by atomic mass is 10.1. The van der Waals surface area contributed by atoms with Crippen LogP contribution in [0.2, 0.25) is 0 Å². The molecule has 0 saturated heterocycles. The average Bonchev–Trinajstić information content (AvgIpc) is 2.46. The minimum atomic E-state index is -0.958. The Morgan fingerprint density at radius 3 is 2.35 bits per heavy atom. The number of aliphatic carboxylic acids is 1. The van der Waals surface area contributed by atoms with E-state index < -0.39 is 5.97 Å². The van der Waals surface area contributed by atoms with Crippen LogP contribution in [0.25, 0.3) is 6.08 Å². The van der Waals surface area contributed by atoms with Crippen molar-refractivity contribution in [1.82, 2.24) is 0 Å². The molecule has 0 atom stereocenters. The van der Waals surface area contributed by atoms with E-state index in [0.717, 1.165) is 30.4 Å². The summed E-state index contributed by atoms with van der Waals surface area (Å²) in [5.74, 6) is -0.958. The van der Waals surface area contributed by atoms with Gasteiger partial charge in [0.25, 0.3) is 0 Å². The van der Waals surface area contributed by atoms with E-state index in [1.807, 2.05) is 24.3 Å². The first kappa shape index (κ1) is 16.2. The Morgan fingerprint density at radius 2 is 1.80 bits per heavy atom. The molecule has 0 aliphatic heterocycles. The summed E-state index contributed by atoms with van der Waals surface area (Å²) in [4.78, 5) is 12.8. The summed E-state index contributed by atoms with van der Waals surface area (Å²) in [5.41, 5.74) is 1.83. The zero-order valence-electron chi connectivity index (χ0n) is 11.9. The number of carboxylic acids is 1. The number of nitrogens with zero attached hydrogens (tertiary/aromatic N) is 1. The maximum absolute atomic E-state index is 10.7. The fourth-order valence-electron chi connectivity index (χ4n) is 1.83. The molecular weight excluding hydrogens is 258 g/mol. The molecule has 5 nitrogen and oxygen atoms in total. The zero-order valence-corrected chi connectivity index (χ0v) is 11.9. The summed E-state index contributed by atoms with van der Waals surface area (Å²) in [6.45, 7) is 2.64. The molecule has 0 radical (unpaired) electrons. The van der Waals surface area contributed by atoms with Gasteiger partial charge in [-0.05, 0) is 17.7 Å². The monoisotopic (exact) mass is 279 g/mol. The van der Waals surface area contributed by atoms with E-state index in [2.05, 4.69) is 4.90 Å². The maximum Gasteiger partial charge on any atom is 0.328 e. The number of carboxylic acid groups (broad SMARTS) is 1. The van der Waals surface area contributed by atoms with Crippen LogP contribution >= 0.6 is 0 Å². The van der Waals surface area contributed by atoms with Gasteiger partial charge < -0.3 is 19.5 Å². The van der Waals surface area contributed by atoms with Crippen LogP contribution in [0.1, 0.15) is 5.56 Å². The number of para-hydroxylation sites is 1. The van der Waals surface area contributed by atoms with Gasteiger partial charge in [0.1, 0.15) is 0 Å². The maximum atomic E-state index is 10.7. The van der Waals surface area contributed by atoms with Gasteiger partial charge >= 0.3 is 5.97 Å². The lowest BCUT2D eigenvalue weighted by Crippen LogP contribution is -2.31. The van der Waals surface area contributed by atoms with Crippen LogP contribution in [0.5, 0.6) is 0 Å². The van der Waals surface area contributed by atoms with Gasteiger partial charge in [0.2, 0.25) is 0 Å². The van der Waals surface area contributed by atoms with Crippen molar-refractivity contribution < 1.29 is 19.4 Å². The Morgan fingerprint density at radius 1 is 1.20 bits per heavy atom. The lowest BCUT2D eigenvalue weighted by molar-refractivity contribution is -0.131. The van der Waals surface area contributed by atoms with Crippen molar-refractivity contribution in [2.75, 3.05) is 45.4 Å². The number of hydrogen-bond acceptors (Lipinski definition) is 4. The van der Waals surface area contributed by atoms with Crippen LogP contribution in [-0.2, 0) is 14.3 Å². The van der Waals surface area contributed by atoms with Crippen LogP contribution in [0.3, 0.4) is 0 Å². The third-order valence-corrected chi connectivity index (χ3v) is 2.81. The highest BCUT2D eigenvalue weighted by Crippen LogP contribution is 2.21. The number of benzene rings is 1. The van der Waals surface area contributed by atoms with Crippen LogP contribution < -0.4 is 4.90 Å². The molecule has 0 saturated carbocycles. The van der Waals surface area contributed by atoms with Crippen molar-refractivity contribution in [3.63, 3.8) is 0 Å². The predicted octanol–water partition coefficient (Wildman–Crippen LogP) is 1.88. The minimum Gasteiger partial charge on any atom is -0.478 e. The fourth-order valence-corrected chi connectivity index (χ4v) is 1.83. The van der Waals surface area contributed by atoms with Crippen molar-refractivity contribution in [2.24, 2.45) is 0 Å². The summed E-state index contributed by atoms with van der Waals surface area (Å²) in [6, 6.07) is 7.67. The van der Waals surface area contributed by atoms with E-state index in [1.165, 1.54) is 0 Å². The number of anilines is 1. The van der Waals surface area contributed by atoms with E-state index in [1.54, 1.807) is 20.3 Å². The van der Waals surface area contributed by atoms with Crippen molar-refractivity contribution in [1.29, 1.82) is 0 Å². The molecule has 110 valence electrons. The first-order chi connectivity index (χ1) is 9.69. The van der Waals surface area contributed by atoms with Crippen LogP contribution in [0.4, 0.5) is 5.69 Å². The number of rotatable bonds is 9. The molecule has 0 heterocycles. The molecule has 5 heteroatoms. The molecule has 0 fully saturated rings. The first-order valence-electron chi connectivity index (χ1n) is 6.42. The minimum absolute atomic E-state index is 0.598. The molecule has 1 rings (SSSR count). The Bertz CT molecular complexity index is 437. The number of ether oxygens (including phenoxy) is 2. The number of carbonyl (C=O) groups is 1. The van der Waals surface area contributed by atoms with Gasteiger partial charge in [0, 0.05) is 39.1 Å². The third kappa shape index (κ3) is 5.42. The van der Waals surface area contributed by atoms with E-state index in [-0.39, 0.29) is 0 Å². The van der Waals surface area contributed by atoms with Gasteiger partial charge in [-0.25, -0.2) is 4.79 Å². The van der Waals surface area contributed by atoms with E-state index in [9.17, 15) is 4.79 Å². The Hall–Kier alpha value is -1.85. The molecule has 0 aromatic heterocycles. The van der Waals surface area contributed by atoms with Gasteiger partial charge in [-0.3, -0.25) is 0 Å². The standard InChI is InChI=1S/C15H21NO4/c1-19-11-9-16(10-12-20-2)14-6-4-3-5-13(14)7-8-15(17)18/h3-8H,9-12H2,1-2H3,(H,17,18). The second kappa shape index (κ2) is 9.12. The van der Waals surface area contributed by atoms with Gasteiger partial charge in [-0.15, -0.1) is 0 Å². The summed E-state index contributed by atoms with van der Waals surface area (Å²) >= 11 is 0.